The lowest BCUT2D eigenvalue weighted by Crippen LogP contribution is -2.32. The molecule has 0 unspecified atom stereocenters. The van der Waals surface area contributed by atoms with Crippen molar-refractivity contribution >= 4 is 40.7 Å². The van der Waals surface area contributed by atoms with Gasteiger partial charge in [0.15, 0.2) is 0 Å². The molecular weight excluding hydrogens is 465 g/mol. The first-order chi connectivity index (χ1) is 15.8. The lowest BCUT2D eigenvalue weighted by molar-refractivity contribution is -0.140. The van der Waals surface area contributed by atoms with Crippen molar-refractivity contribution in [2.75, 3.05) is 26.9 Å². The largest absolute Gasteiger partial charge is 0.507 e. The first kappa shape index (κ1) is 25.1. The number of carbonyl (C=O) groups is 2. The van der Waals surface area contributed by atoms with Crippen LogP contribution in [0.1, 0.15) is 42.5 Å². The highest BCUT2D eigenvalue weighted by molar-refractivity contribution is 6.46. The van der Waals surface area contributed by atoms with Gasteiger partial charge in [-0.15, -0.1) is 0 Å². The van der Waals surface area contributed by atoms with Crippen molar-refractivity contribution in [2.24, 2.45) is 0 Å². The quantitative estimate of drug-likeness (QED) is 0.215. The smallest absolute Gasteiger partial charge is 0.295 e. The van der Waals surface area contributed by atoms with Crippen molar-refractivity contribution in [3.63, 3.8) is 0 Å². The van der Waals surface area contributed by atoms with Gasteiger partial charge in [0, 0.05) is 19.2 Å². The van der Waals surface area contributed by atoms with Crippen LogP contribution in [0.4, 0.5) is 0 Å². The van der Waals surface area contributed by atoms with Gasteiger partial charge in [-0.1, -0.05) is 42.6 Å². The number of hydrogen-bond donors (Lipinski definition) is 1. The van der Waals surface area contributed by atoms with E-state index in [0.717, 1.165) is 18.4 Å². The van der Waals surface area contributed by atoms with E-state index in [1.54, 1.807) is 36.4 Å². The minimum atomic E-state index is -0.823. The molecule has 1 aliphatic rings. The van der Waals surface area contributed by atoms with Crippen molar-refractivity contribution in [2.45, 2.75) is 32.7 Å². The molecule has 1 atom stereocenters. The van der Waals surface area contributed by atoms with E-state index in [2.05, 4.69) is 6.92 Å². The maximum Gasteiger partial charge on any atom is 0.295 e. The van der Waals surface area contributed by atoms with E-state index in [9.17, 15) is 14.7 Å². The summed E-state index contributed by atoms with van der Waals surface area (Å²) >= 11 is 12.3. The van der Waals surface area contributed by atoms with E-state index >= 15 is 0 Å². The zero-order valence-electron chi connectivity index (χ0n) is 18.9. The minimum absolute atomic E-state index is 0.00598. The number of aliphatic hydroxyl groups is 1. The van der Waals surface area contributed by atoms with Gasteiger partial charge in [0.25, 0.3) is 11.7 Å². The van der Waals surface area contributed by atoms with Crippen LogP contribution in [-0.4, -0.2) is 48.6 Å². The molecule has 1 amide bonds. The van der Waals surface area contributed by atoms with E-state index in [0.29, 0.717) is 28.5 Å². The van der Waals surface area contributed by atoms with E-state index in [-0.39, 0.29) is 29.5 Å². The van der Waals surface area contributed by atoms with E-state index in [1.165, 1.54) is 12.0 Å². The zero-order valence-corrected chi connectivity index (χ0v) is 20.4. The van der Waals surface area contributed by atoms with Gasteiger partial charge in [-0.25, -0.2) is 0 Å². The third-order valence-electron chi connectivity index (χ3n) is 5.54. The highest BCUT2D eigenvalue weighted by Crippen LogP contribution is 2.41. The molecule has 176 valence electrons. The summed E-state index contributed by atoms with van der Waals surface area (Å²) in [5.41, 5.74) is 1.80. The second kappa shape index (κ2) is 11.1. The van der Waals surface area contributed by atoms with Crippen LogP contribution in [0, 0.1) is 6.92 Å². The summed E-state index contributed by atoms with van der Waals surface area (Å²) in [6, 6.07) is 9.24. The molecule has 1 heterocycles. The molecule has 1 fully saturated rings. The summed E-state index contributed by atoms with van der Waals surface area (Å²) < 4.78 is 10.9. The second-order valence-electron chi connectivity index (χ2n) is 7.84. The van der Waals surface area contributed by atoms with Crippen LogP contribution < -0.4 is 4.74 Å². The summed E-state index contributed by atoms with van der Waals surface area (Å²) in [6.07, 6.45) is 1.96. The van der Waals surface area contributed by atoms with E-state index < -0.39 is 17.7 Å². The highest BCUT2D eigenvalue weighted by Gasteiger charge is 2.46. The number of hydrogen-bond acceptors (Lipinski definition) is 5. The van der Waals surface area contributed by atoms with Gasteiger partial charge in [-0.05, 0) is 54.8 Å². The number of benzene rings is 2. The van der Waals surface area contributed by atoms with Crippen molar-refractivity contribution in [1.29, 1.82) is 0 Å². The average Bonchev–Trinajstić information content (AvgIpc) is 3.05. The van der Waals surface area contributed by atoms with Gasteiger partial charge in [0.1, 0.15) is 11.5 Å². The Morgan fingerprint density at radius 1 is 1.09 bits per heavy atom. The Morgan fingerprint density at radius 2 is 1.85 bits per heavy atom. The molecule has 33 heavy (non-hydrogen) atoms. The van der Waals surface area contributed by atoms with Crippen LogP contribution in [0.25, 0.3) is 5.76 Å². The van der Waals surface area contributed by atoms with Crippen LogP contribution in [0.2, 0.25) is 10.0 Å². The summed E-state index contributed by atoms with van der Waals surface area (Å²) in [4.78, 5) is 27.3. The number of Topliss-reactive ketones (excluding diaryl/α,β-unsaturated/α-hetero) is 1. The lowest BCUT2D eigenvalue weighted by Gasteiger charge is -2.25. The summed E-state index contributed by atoms with van der Waals surface area (Å²) in [5, 5.41) is 11.8. The molecular formula is C25H27Cl2NO5. The molecule has 1 saturated heterocycles. The van der Waals surface area contributed by atoms with Crippen LogP contribution in [0.3, 0.4) is 0 Å². The molecule has 1 N–H and O–H groups in total. The van der Waals surface area contributed by atoms with Gasteiger partial charge in [0.05, 0.1) is 34.9 Å². The van der Waals surface area contributed by atoms with E-state index in [4.69, 9.17) is 32.7 Å². The number of halogens is 2. The van der Waals surface area contributed by atoms with Crippen molar-refractivity contribution in [3.8, 4) is 5.75 Å². The van der Waals surface area contributed by atoms with Crippen molar-refractivity contribution < 1.29 is 24.2 Å². The van der Waals surface area contributed by atoms with Gasteiger partial charge in [-0.2, -0.15) is 0 Å². The molecule has 8 heteroatoms. The maximum absolute atomic E-state index is 13.0. The number of nitrogens with zero attached hydrogens (tertiary/aromatic N) is 1. The van der Waals surface area contributed by atoms with Gasteiger partial charge in [0.2, 0.25) is 0 Å². The predicted octanol–water partition coefficient (Wildman–Crippen LogP) is 5.55. The average molecular weight is 492 g/mol. The molecule has 0 aromatic heterocycles. The topological polar surface area (TPSA) is 76.1 Å². The number of unbranched alkanes of at least 4 members (excludes halogenated alkanes) is 1. The molecule has 2 aromatic carbocycles. The minimum Gasteiger partial charge on any atom is -0.507 e. The van der Waals surface area contributed by atoms with Gasteiger partial charge in [-0.3, -0.25) is 9.59 Å². The molecule has 3 rings (SSSR count). The number of methoxy groups -OCH3 is 1. The molecule has 1 aliphatic heterocycles. The fraction of sp³-hybridized carbons (Fsp3) is 0.360. The Morgan fingerprint density at radius 3 is 2.48 bits per heavy atom. The Hall–Kier alpha value is -2.54. The van der Waals surface area contributed by atoms with Crippen LogP contribution in [0.15, 0.2) is 42.0 Å². The number of aliphatic hydroxyl groups excluding tert-OH is 1. The third kappa shape index (κ3) is 5.35. The first-order valence-corrected chi connectivity index (χ1v) is 11.5. The molecule has 0 aliphatic carbocycles. The van der Waals surface area contributed by atoms with E-state index in [1.807, 2.05) is 6.92 Å². The molecule has 0 bridgehead atoms. The number of ketones is 1. The maximum atomic E-state index is 13.0. The number of aryl methyl sites for hydroxylation is 1. The van der Waals surface area contributed by atoms with Crippen LogP contribution in [0.5, 0.6) is 5.75 Å². The molecule has 2 aromatic rings. The van der Waals surface area contributed by atoms with Crippen molar-refractivity contribution in [1.82, 2.24) is 4.90 Å². The Bertz CT molecular complexity index is 1080. The number of carbonyl (C=O) groups excluding carboxylic acids is 2. The van der Waals surface area contributed by atoms with Crippen LogP contribution in [-0.2, 0) is 14.3 Å². The molecule has 0 saturated carbocycles. The molecule has 0 spiro atoms. The van der Waals surface area contributed by atoms with Crippen molar-refractivity contribution in [3.05, 3.63) is 68.7 Å². The van der Waals surface area contributed by atoms with Gasteiger partial charge < -0.3 is 19.5 Å². The number of likely N-dealkylation sites (tertiary alicyclic amines) is 1. The molecule has 0 radical (unpaired) electrons. The highest BCUT2D eigenvalue weighted by atomic mass is 35.5. The Kier molecular flexibility index (Phi) is 8.40. The number of rotatable bonds is 9. The summed E-state index contributed by atoms with van der Waals surface area (Å²) in [6.45, 7) is 4.96. The SMILES string of the molecule is CCCCOc1ccc(C(O)=C2C(=O)C(=O)N(CCOC)[C@@H]2c2ccc(Cl)c(Cl)c2)cc1C. The summed E-state index contributed by atoms with van der Waals surface area (Å²) in [7, 11) is 1.51. The Balaban J connectivity index is 2.08. The fourth-order valence-corrected chi connectivity index (χ4v) is 4.08. The lowest BCUT2D eigenvalue weighted by atomic mass is 9.95. The monoisotopic (exact) mass is 491 g/mol. The first-order valence-electron chi connectivity index (χ1n) is 10.8. The normalized spacial score (nSPS) is 17.6. The van der Waals surface area contributed by atoms with Crippen LogP contribution >= 0.6 is 23.2 Å². The standard InChI is InChI=1S/C25H27Cl2NO5/c1-4-5-11-33-20-9-7-17(13-15(20)2)23(29)21-22(16-6-8-18(26)19(27)14-16)28(10-12-32-3)25(31)24(21)30/h6-9,13-14,22,29H,4-5,10-12H2,1-3H3/t22-/m1/s1. The summed E-state index contributed by atoms with van der Waals surface area (Å²) in [5.74, 6) is -1.02. The zero-order chi connectivity index (χ0) is 24.1. The Labute approximate surface area is 203 Å². The van der Waals surface area contributed by atoms with Gasteiger partial charge >= 0.3 is 0 Å². The third-order valence-corrected chi connectivity index (χ3v) is 6.28. The number of amides is 1. The number of ether oxygens (including phenoxy) is 2. The molecule has 6 nitrogen and oxygen atoms in total. The fourth-order valence-electron chi connectivity index (χ4n) is 3.77. The second-order valence-corrected chi connectivity index (χ2v) is 8.66. The predicted molar refractivity (Wildman–Crippen MR) is 129 cm³/mol.